The number of thioether (sulfide) groups is 1. The van der Waals surface area contributed by atoms with Gasteiger partial charge in [-0.3, -0.25) is 9.59 Å². The molecular formula is C23H19BrN2O2S. The van der Waals surface area contributed by atoms with Crippen LogP contribution in [0.4, 0.5) is 5.69 Å². The molecule has 0 radical (unpaired) electrons. The Bertz CT molecular complexity index is 1020. The molecule has 0 saturated carbocycles. The zero-order valence-electron chi connectivity index (χ0n) is 15.5. The fraction of sp³-hybridized carbons (Fsp3) is 0.130. The largest absolute Gasteiger partial charge is 0.322 e. The maximum Gasteiger partial charge on any atom is 0.255 e. The summed E-state index contributed by atoms with van der Waals surface area (Å²) in [5.41, 5.74) is 3.44. The summed E-state index contributed by atoms with van der Waals surface area (Å²) >= 11 is 5.06. The highest BCUT2D eigenvalue weighted by atomic mass is 79.9. The first-order valence-corrected chi connectivity index (χ1v) is 11.1. The first kappa shape index (κ1) is 19.7. The standard InChI is InChI=1S/C23H19BrN2O2S/c24-19-8-4-5-9-20(19)25-22(28)17-10-12-18(13-11-17)23-26(21(27)15-29-23)14-16-6-2-1-3-7-16/h1-13,23H,14-15H2,(H,25,28)/t23-/m0/s1. The van der Waals surface area contributed by atoms with Crippen LogP contribution in [0.15, 0.2) is 83.3 Å². The molecule has 1 aliphatic rings. The van der Waals surface area contributed by atoms with E-state index in [1.807, 2.05) is 83.8 Å². The van der Waals surface area contributed by atoms with Crippen molar-refractivity contribution in [2.24, 2.45) is 0 Å². The maximum absolute atomic E-state index is 12.6. The number of anilines is 1. The molecule has 1 heterocycles. The van der Waals surface area contributed by atoms with Crippen LogP contribution in [-0.2, 0) is 11.3 Å². The minimum atomic E-state index is -0.167. The van der Waals surface area contributed by atoms with E-state index in [1.165, 1.54) is 0 Å². The summed E-state index contributed by atoms with van der Waals surface area (Å²) in [6.07, 6.45) is 0. The summed E-state index contributed by atoms with van der Waals surface area (Å²) in [6, 6.07) is 25.0. The molecule has 4 nitrogen and oxygen atoms in total. The predicted octanol–water partition coefficient (Wildman–Crippen LogP) is 5.48. The lowest BCUT2D eigenvalue weighted by molar-refractivity contribution is -0.128. The van der Waals surface area contributed by atoms with Crippen molar-refractivity contribution < 1.29 is 9.59 Å². The second-order valence-electron chi connectivity index (χ2n) is 6.73. The molecule has 0 aromatic heterocycles. The Balaban J connectivity index is 1.48. The van der Waals surface area contributed by atoms with Gasteiger partial charge >= 0.3 is 0 Å². The highest BCUT2D eigenvalue weighted by Crippen LogP contribution is 2.39. The minimum absolute atomic E-state index is 0.0388. The number of hydrogen-bond donors (Lipinski definition) is 1. The SMILES string of the molecule is O=C(Nc1ccccc1Br)c1ccc([C@@H]2SCC(=O)N2Cc2ccccc2)cc1. The Labute approximate surface area is 182 Å². The fourth-order valence-corrected chi connectivity index (χ4v) is 4.81. The Morgan fingerprint density at radius 2 is 1.69 bits per heavy atom. The first-order valence-electron chi connectivity index (χ1n) is 9.22. The fourth-order valence-electron chi connectivity index (χ4n) is 3.24. The van der Waals surface area contributed by atoms with Gasteiger partial charge in [0.25, 0.3) is 5.91 Å². The molecule has 1 N–H and O–H groups in total. The van der Waals surface area contributed by atoms with Crippen molar-refractivity contribution >= 4 is 45.2 Å². The number of nitrogens with zero attached hydrogens (tertiary/aromatic N) is 1. The summed E-state index contributed by atoms with van der Waals surface area (Å²) < 4.78 is 0.836. The first-order chi connectivity index (χ1) is 14.1. The highest BCUT2D eigenvalue weighted by molar-refractivity contribution is 9.10. The van der Waals surface area contributed by atoms with Gasteiger partial charge in [-0.2, -0.15) is 0 Å². The number of halogens is 1. The van der Waals surface area contributed by atoms with E-state index >= 15 is 0 Å². The average Bonchev–Trinajstić information content (AvgIpc) is 3.11. The molecule has 3 aromatic carbocycles. The van der Waals surface area contributed by atoms with E-state index in [-0.39, 0.29) is 17.2 Å². The lowest BCUT2D eigenvalue weighted by atomic mass is 10.1. The predicted molar refractivity (Wildman–Crippen MR) is 121 cm³/mol. The highest BCUT2D eigenvalue weighted by Gasteiger charge is 2.32. The Kier molecular flexibility index (Phi) is 6.02. The quantitative estimate of drug-likeness (QED) is 0.541. The van der Waals surface area contributed by atoms with E-state index in [0.717, 1.165) is 21.3 Å². The average molecular weight is 467 g/mol. The van der Waals surface area contributed by atoms with Crippen LogP contribution in [0.1, 0.15) is 26.9 Å². The third kappa shape index (κ3) is 4.54. The zero-order chi connectivity index (χ0) is 20.2. The van der Waals surface area contributed by atoms with Gasteiger partial charge in [-0.15, -0.1) is 11.8 Å². The van der Waals surface area contributed by atoms with E-state index in [0.29, 0.717) is 17.9 Å². The molecule has 4 rings (SSSR count). The number of benzene rings is 3. The van der Waals surface area contributed by atoms with Crippen LogP contribution >= 0.6 is 27.7 Å². The molecule has 1 saturated heterocycles. The van der Waals surface area contributed by atoms with Crippen molar-refractivity contribution in [2.75, 3.05) is 11.1 Å². The van der Waals surface area contributed by atoms with Gasteiger partial charge in [0.2, 0.25) is 5.91 Å². The minimum Gasteiger partial charge on any atom is -0.322 e. The summed E-state index contributed by atoms with van der Waals surface area (Å²) in [7, 11) is 0. The molecule has 146 valence electrons. The number of para-hydroxylation sites is 1. The molecule has 0 spiro atoms. The van der Waals surface area contributed by atoms with Crippen LogP contribution in [-0.4, -0.2) is 22.5 Å². The summed E-state index contributed by atoms with van der Waals surface area (Å²) in [4.78, 5) is 26.9. The van der Waals surface area contributed by atoms with Crippen molar-refractivity contribution in [3.63, 3.8) is 0 Å². The van der Waals surface area contributed by atoms with Gasteiger partial charge in [0.1, 0.15) is 5.37 Å². The smallest absolute Gasteiger partial charge is 0.255 e. The molecule has 1 fully saturated rings. The van der Waals surface area contributed by atoms with Gasteiger partial charge < -0.3 is 10.2 Å². The number of carbonyl (C=O) groups is 2. The number of carbonyl (C=O) groups excluding carboxylic acids is 2. The maximum atomic E-state index is 12.6. The van der Waals surface area contributed by atoms with Gasteiger partial charge in [-0.25, -0.2) is 0 Å². The van der Waals surface area contributed by atoms with E-state index < -0.39 is 0 Å². The molecule has 2 amide bonds. The van der Waals surface area contributed by atoms with Crippen molar-refractivity contribution in [2.45, 2.75) is 11.9 Å². The van der Waals surface area contributed by atoms with Crippen LogP contribution in [0.2, 0.25) is 0 Å². The molecule has 3 aromatic rings. The summed E-state index contributed by atoms with van der Waals surface area (Å²) in [5, 5.41) is 2.87. The van der Waals surface area contributed by atoms with Crippen molar-refractivity contribution in [3.05, 3.63) is 100 Å². The van der Waals surface area contributed by atoms with Crippen LogP contribution in [0.5, 0.6) is 0 Å². The second-order valence-corrected chi connectivity index (χ2v) is 8.65. The van der Waals surface area contributed by atoms with Gasteiger partial charge in [-0.05, 0) is 51.3 Å². The number of rotatable bonds is 5. The number of amides is 2. The topological polar surface area (TPSA) is 49.4 Å². The van der Waals surface area contributed by atoms with E-state index in [2.05, 4.69) is 21.2 Å². The molecule has 29 heavy (non-hydrogen) atoms. The molecule has 1 aliphatic heterocycles. The van der Waals surface area contributed by atoms with Crippen LogP contribution in [0.3, 0.4) is 0 Å². The lowest BCUT2D eigenvalue weighted by Gasteiger charge is -2.24. The van der Waals surface area contributed by atoms with Crippen molar-refractivity contribution in [1.29, 1.82) is 0 Å². The molecule has 0 bridgehead atoms. The Morgan fingerprint density at radius 3 is 2.41 bits per heavy atom. The van der Waals surface area contributed by atoms with Crippen molar-refractivity contribution in [3.8, 4) is 0 Å². The molecular weight excluding hydrogens is 448 g/mol. The number of hydrogen-bond acceptors (Lipinski definition) is 3. The lowest BCUT2D eigenvalue weighted by Crippen LogP contribution is -2.27. The summed E-state index contributed by atoms with van der Waals surface area (Å²) in [6.45, 7) is 0.585. The van der Waals surface area contributed by atoms with Gasteiger partial charge in [0.15, 0.2) is 0 Å². The monoisotopic (exact) mass is 466 g/mol. The normalized spacial score (nSPS) is 16.1. The zero-order valence-corrected chi connectivity index (χ0v) is 17.9. The third-order valence-corrected chi connectivity index (χ3v) is 6.69. The third-order valence-electron chi connectivity index (χ3n) is 4.74. The van der Waals surface area contributed by atoms with E-state index in [1.54, 1.807) is 11.8 Å². The van der Waals surface area contributed by atoms with Gasteiger partial charge in [0, 0.05) is 16.6 Å². The second kappa shape index (κ2) is 8.84. The Morgan fingerprint density at radius 1 is 1.00 bits per heavy atom. The molecule has 1 atom stereocenters. The Hall–Kier alpha value is -2.57. The van der Waals surface area contributed by atoms with E-state index in [9.17, 15) is 9.59 Å². The van der Waals surface area contributed by atoms with Gasteiger partial charge in [0.05, 0.1) is 11.4 Å². The van der Waals surface area contributed by atoms with Crippen LogP contribution < -0.4 is 5.32 Å². The molecule has 0 unspecified atom stereocenters. The van der Waals surface area contributed by atoms with Crippen LogP contribution in [0, 0.1) is 0 Å². The van der Waals surface area contributed by atoms with Crippen LogP contribution in [0.25, 0.3) is 0 Å². The summed E-state index contributed by atoms with van der Waals surface area (Å²) in [5.74, 6) is 0.446. The molecule has 0 aliphatic carbocycles. The van der Waals surface area contributed by atoms with E-state index in [4.69, 9.17) is 0 Å². The van der Waals surface area contributed by atoms with Gasteiger partial charge in [-0.1, -0.05) is 54.6 Å². The van der Waals surface area contributed by atoms with Crippen molar-refractivity contribution in [1.82, 2.24) is 4.90 Å². The molecule has 6 heteroatoms. The number of nitrogens with one attached hydrogen (secondary N) is 1.